The van der Waals surface area contributed by atoms with Crippen LogP contribution in [0.25, 0.3) is 0 Å². The first-order valence-electron chi connectivity index (χ1n) is 6.47. The molecule has 2 aliphatic rings. The first kappa shape index (κ1) is 13.6. The molecule has 2 rings (SSSR count). The molecule has 0 aromatic rings. The van der Waals surface area contributed by atoms with Crippen molar-refractivity contribution in [2.45, 2.75) is 31.7 Å². The molecule has 0 amide bonds. The number of nitrogens with zero attached hydrogens (tertiary/aromatic N) is 1. The van der Waals surface area contributed by atoms with Crippen LogP contribution in [-0.4, -0.2) is 37.1 Å². The lowest BCUT2D eigenvalue weighted by Crippen LogP contribution is -2.41. The third-order valence-corrected chi connectivity index (χ3v) is 3.81. The van der Waals surface area contributed by atoms with Crippen LogP contribution >= 0.6 is 0 Å². The van der Waals surface area contributed by atoms with Gasteiger partial charge in [-0.25, -0.2) is 0 Å². The summed E-state index contributed by atoms with van der Waals surface area (Å²) in [5.74, 6) is -1.25. The maximum atomic E-state index is 11.9. The summed E-state index contributed by atoms with van der Waals surface area (Å²) in [7, 11) is 2.52. The SMILES string of the molecule is COC(=O)C1(C(=O)OC)C=CN(C2CCCC2)C=C1. The van der Waals surface area contributed by atoms with E-state index in [1.54, 1.807) is 24.6 Å². The fourth-order valence-electron chi connectivity index (χ4n) is 2.65. The minimum atomic E-state index is -1.45. The lowest BCUT2D eigenvalue weighted by Gasteiger charge is -2.31. The molecule has 1 heterocycles. The summed E-state index contributed by atoms with van der Waals surface area (Å²) >= 11 is 0. The van der Waals surface area contributed by atoms with Gasteiger partial charge in [0.25, 0.3) is 0 Å². The molecular weight excluding hydrogens is 246 g/mol. The Morgan fingerprint density at radius 1 is 1.05 bits per heavy atom. The van der Waals surface area contributed by atoms with E-state index in [1.807, 2.05) is 0 Å². The van der Waals surface area contributed by atoms with E-state index in [4.69, 9.17) is 9.47 Å². The number of rotatable bonds is 3. The first-order chi connectivity index (χ1) is 9.14. The highest BCUT2D eigenvalue weighted by atomic mass is 16.5. The van der Waals surface area contributed by atoms with Crippen LogP contribution in [0, 0.1) is 5.41 Å². The first-order valence-corrected chi connectivity index (χ1v) is 6.47. The molecule has 1 aliphatic heterocycles. The summed E-state index contributed by atoms with van der Waals surface area (Å²) in [6.45, 7) is 0. The second-order valence-electron chi connectivity index (χ2n) is 4.87. The van der Waals surface area contributed by atoms with Crippen molar-refractivity contribution >= 4 is 11.9 Å². The zero-order chi connectivity index (χ0) is 13.9. The standard InChI is InChI=1S/C14H19NO4/c1-18-12(16)14(13(17)19-2)7-9-15(10-8-14)11-5-3-4-6-11/h7-11H,3-6H2,1-2H3. The van der Waals surface area contributed by atoms with Gasteiger partial charge in [-0.05, 0) is 25.0 Å². The van der Waals surface area contributed by atoms with E-state index in [9.17, 15) is 9.59 Å². The van der Waals surface area contributed by atoms with Gasteiger partial charge >= 0.3 is 11.9 Å². The Bertz CT molecular complexity index is 389. The normalized spacial score (nSPS) is 21.5. The van der Waals surface area contributed by atoms with E-state index in [2.05, 4.69) is 4.90 Å². The van der Waals surface area contributed by atoms with E-state index < -0.39 is 17.4 Å². The summed E-state index contributed by atoms with van der Waals surface area (Å²) in [6, 6.07) is 0.459. The second kappa shape index (κ2) is 5.47. The fraction of sp³-hybridized carbons (Fsp3) is 0.571. The number of methoxy groups -OCH3 is 2. The van der Waals surface area contributed by atoms with Crippen molar-refractivity contribution in [1.29, 1.82) is 0 Å². The quantitative estimate of drug-likeness (QED) is 0.573. The largest absolute Gasteiger partial charge is 0.468 e. The predicted molar refractivity (Wildman–Crippen MR) is 68.8 cm³/mol. The van der Waals surface area contributed by atoms with Gasteiger partial charge in [0.05, 0.1) is 14.2 Å². The molecule has 1 saturated carbocycles. The van der Waals surface area contributed by atoms with Crippen LogP contribution in [0.2, 0.25) is 0 Å². The summed E-state index contributed by atoms with van der Waals surface area (Å²) < 4.78 is 9.43. The smallest absolute Gasteiger partial charge is 0.331 e. The minimum Gasteiger partial charge on any atom is -0.468 e. The molecular formula is C14H19NO4. The van der Waals surface area contributed by atoms with Crippen LogP contribution in [0.15, 0.2) is 24.6 Å². The van der Waals surface area contributed by atoms with Gasteiger partial charge in [-0.3, -0.25) is 9.59 Å². The number of hydrogen-bond donors (Lipinski definition) is 0. The van der Waals surface area contributed by atoms with Crippen molar-refractivity contribution in [2.75, 3.05) is 14.2 Å². The van der Waals surface area contributed by atoms with Crippen molar-refractivity contribution in [3.05, 3.63) is 24.6 Å². The molecule has 0 radical (unpaired) electrons. The van der Waals surface area contributed by atoms with Crippen molar-refractivity contribution in [2.24, 2.45) is 5.41 Å². The van der Waals surface area contributed by atoms with Gasteiger partial charge < -0.3 is 14.4 Å². The molecule has 5 heteroatoms. The van der Waals surface area contributed by atoms with Crippen molar-refractivity contribution in [3.8, 4) is 0 Å². The third kappa shape index (κ3) is 2.37. The van der Waals surface area contributed by atoms with Crippen LogP contribution in [-0.2, 0) is 19.1 Å². The number of carbonyl (C=O) groups is 2. The average molecular weight is 265 g/mol. The molecule has 5 nitrogen and oxygen atoms in total. The number of hydrogen-bond acceptors (Lipinski definition) is 5. The highest BCUT2D eigenvalue weighted by Crippen LogP contribution is 2.32. The monoisotopic (exact) mass is 265 g/mol. The zero-order valence-corrected chi connectivity index (χ0v) is 11.3. The summed E-state index contributed by atoms with van der Waals surface area (Å²) in [5.41, 5.74) is -1.45. The highest BCUT2D eigenvalue weighted by molar-refractivity contribution is 6.04. The molecule has 0 spiro atoms. The van der Waals surface area contributed by atoms with Crippen molar-refractivity contribution in [1.82, 2.24) is 4.90 Å². The molecule has 1 fully saturated rings. The Labute approximate surface area is 112 Å². The zero-order valence-electron chi connectivity index (χ0n) is 11.3. The number of ether oxygens (including phenoxy) is 2. The number of carbonyl (C=O) groups excluding carboxylic acids is 2. The summed E-state index contributed by atoms with van der Waals surface area (Å²) in [5, 5.41) is 0. The van der Waals surface area contributed by atoms with E-state index in [0.29, 0.717) is 6.04 Å². The van der Waals surface area contributed by atoms with Gasteiger partial charge in [-0.15, -0.1) is 0 Å². The maximum Gasteiger partial charge on any atom is 0.331 e. The molecule has 104 valence electrons. The second-order valence-corrected chi connectivity index (χ2v) is 4.87. The van der Waals surface area contributed by atoms with E-state index in [-0.39, 0.29) is 0 Å². The van der Waals surface area contributed by atoms with Crippen LogP contribution in [0.5, 0.6) is 0 Å². The van der Waals surface area contributed by atoms with E-state index in [0.717, 1.165) is 12.8 Å². The van der Waals surface area contributed by atoms with Crippen LogP contribution in [0.3, 0.4) is 0 Å². The minimum absolute atomic E-state index is 0.459. The molecule has 19 heavy (non-hydrogen) atoms. The Morgan fingerprint density at radius 3 is 1.95 bits per heavy atom. The summed E-state index contributed by atoms with van der Waals surface area (Å²) in [4.78, 5) is 25.8. The third-order valence-electron chi connectivity index (χ3n) is 3.81. The van der Waals surface area contributed by atoms with Gasteiger partial charge in [0.1, 0.15) is 0 Å². The lowest BCUT2D eigenvalue weighted by molar-refractivity contribution is -0.161. The molecule has 0 unspecified atom stereocenters. The molecule has 0 aromatic heterocycles. The highest BCUT2D eigenvalue weighted by Gasteiger charge is 2.45. The Morgan fingerprint density at radius 2 is 1.53 bits per heavy atom. The van der Waals surface area contributed by atoms with Gasteiger partial charge in [0.2, 0.25) is 5.41 Å². The Hall–Kier alpha value is -1.78. The van der Waals surface area contributed by atoms with Crippen LogP contribution < -0.4 is 0 Å². The van der Waals surface area contributed by atoms with Crippen LogP contribution in [0.4, 0.5) is 0 Å². The van der Waals surface area contributed by atoms with Gasteiger partial charge in [0.15, 0.2) is 0 Å². The number of esters is 2. The van der Waals surface area contributed by atoms with Gasteiger partial charge in [0, 0.05) is 18.4 Å². The Kier molecular flexibility index (Phi) is 3.93. The molecule has 0 aromatic carbocycles. The van der Waals surface area contributed by atoms with E-state index in [1.165, 1.54) is 27.1 Å². The maximum absolute atomic E-state index is 11.9. The van der Waals surface area contributed by atoms with E-state index >= 15 is 0 Å². The molecule has 1 aliphatic carbocycles. The molecule has 0 N–H and O–H groups in total. The van der Waals surface area contributed by atoms with Gasteiger partial charge in [-0.1, -0.05) is 12.8 Å². The van der Waals surface area contributed by atoms with Crippen LogP contribution in [0.1, 0.15) is 25.7 Å². The van der Waals surface area contributed by atoms with Gasteiger partial charge in [-0.2, -0.15) is 0 Å². The predicted octanol–water partition coefficient (Wildman–Crippen LogP) is 1.60. The average Bonchev–Trinajstić information content (AvgIpc) is 2.99. The Balaban J connectivity index is 2.20. The molecule has 0 saturated heterocycles. The molecule has 0 bridgehead atoms. The molecule has 0 atom stereocenters. The fourth-order valence-corrected chi connectivity index (χ4v) is 2.65. The topological polar surface area (TPSA) is 55.8 Å². The summed E-state index contributed by atoms with van der Waals surface area (Å²) in [6.07, 6.45) is 11.4. The lowest BCUT2D eigenvalue weighted by atomic mass is 9.86. The van der Waals surface area contributed by atoms with Crippen molar-refractivity contribution in [3.63, 3.8) is 0 Å². The van der Waals surface area contributed by atoms with Crippen molar-refractivity contribution < 1.29 is 19.1 Å².